The van der Waals surface area contributed by atoms with Crippen molar-refractivity contribution < 1.29 is 65.1 Å². The molecule has 0 amide bonds. The molecule has 0 atom stereocenters. The zero-order valence-electron chi connectivity index (χ0n) is 43.1. The van der Waals surface area contributed by atoms with Gasteiger partial charge in [0.15, 0.2) is 0 Å². The van der Waals surface area contributed by atoms with E-state index in [1.54, 1.807) is 7.11 Å². The second-order valence-corrected chi connectivity index (χ2v) is 18.0. The number of para-hydroxylation sites is 1. The van der Waals surface area contributed by atoms with Crippen molar-refractivity contribution in [3.63, 3.8) is 0 Å². The molecule has 3 aromatic heterocycles. The Morgan fingerprint density at radius 2 is 0.907 bits per heavy atom. The molecule has 0 N–H and O–H groups in total. The second kappa shape index (κ2) is 26.6. The number of aryl methyl sites for hydroxylation is 7. The summed E-state index contributed by atoms with van der Waals surface area (Å²) >= 11 is 0. The zero-order valence-corrected chi connectivity index (χ0v) is 50.3. The Hall–Kier alpha value is -6.86. The van der Waals surface area contributed by atoms with E-state index in [1.165, 1.54) is 61.4 Å². The maximum absolute atomic E-state index is 5.24. The number of methoxy groups -OCH3 is 1. The Morgan fingerprint density at radius 3 is 1.40 bits per heavy atom. The third kappa shape index (κ3) is 13.2. The SMILES string of the molecule is COc1c[c-]c(-c2nccn2-c2c(C)cccc2-c2ccccc2)cc1.Cc1cc(C)c(-n2cc(-c3ccccc3)nc2-c2[c-]cccc2)c(C)c1.Cc1cc(C)c(-n2ccnc2-c2[c-]cccc2)c(C)c1.[Ir].[Ir].[Ir]. The predicted octanol–water partition coefficient (Wildman–Crippen LogP) is 15.5. The fraction of sp³-hybridized carbons (Fsp3) is 0.123. The van der Waals surface area contributed by atoms with Crippen LogP contribution in [0.25, 0.3) is 73.6 Å². The number of nitrogens with zero attached hydrogens (tertiary/aromatic N) is 6. The first kappa shape index (κ1) is 57.4. The molecule has 8 aromatic carbocycles. The minimum atomic E-state index is 0. The van der Waals surface area contributed by atoms with E-state index in [0.717, 1.165) is 56.9 Å². The number of hydrogen-bond donors (Lipinski definition) is 0. The summed E-state index contributed by atoms with van der Waals surface area (Å²) in [6, 6.07) is 67.5. The largest absolute Gasteiger partial charge is 0.540 e. The fourth-order valence-electron chi connectivity index (χ4n) is 9.53. The van der Waals surface area contributed by atoms with Gasteiger partial charge in [0.25, 0.3) is 0 Å². The van der Waals surface area contributed by atoms with Crippen LogP contribution in [-0.4, -0.2) is 35.8 Å². The fourth-order valence-corrected chi connectivity index (χ4v) is 9.53. The van der Waals surface area contributed by atoms with Gasteiger partial charge in [-0.05, 0) is 81.8 Å². The van der Waals surface area contributed by atoms with Gasteiger partial charge in [0, 0.05) is 125 Å². The Kier molecular flexibility index (Phi) is 20.3. The van der Waals surface area contributed by atoms with Crippen LogP contribution in [0.2, 0.25) is 0 Å². The third-order valence-electron chi connectivity index (χ3n) is 12.5. The van der Waals surface area contributed by atoms with Gasteiger partial charge in [-0.2, -0.15) is 0 Å². The van der Waals surface area contributed by atoms with Crippen LogP contribution < -0.4 is 4.74 Å². The van der Waals surface area contributed by atoms with Crippen LogP contribution in [0.5, 0.6) is 5.75 Å². The molecule has 11 aromatic rings. The molecule has 0 aliphatic carbocycles. The van der Waals surface area contributed by atoms with E-state index < -0.39 is 0 Å². The molecule has 10 heteroatoms. The summed E-state index contributed by atoms with van der Waals surface area (Å²) in [5.41, 5.74) is 19.7. The van der Waals surface area contributed by atoms with Crippen molar-refractivity contribution in [1.29, 1.82) is 0 Å². The minimum Gasteiger partial charge on any atom is -0.540 e. The van der Waals surface area contributed by atoms with Gasteiger partial charge in [-0.1, -0.05) is 114 Å². The molecule has 0 spiro atoms. The summed E-state index contributed by atoms with van der Waals surface area (Å²) in [5.74, 6) is 3.49. The number of benzene rings is 8. The van der Waals surface area contributed by atoms with Gasteiger partial charge in [0.1, 0.15) is 0 Å². The Labute approximate surface area is 482 Å². The molecule has 0 saturated carbocycles. The molecular weight excluding hydrogens is 1460 g/mol. The summed E-state index contributed by atoms with van der Waals surface area (Å²) in [7, 11) is 1.66. The Balaban J connectivity index is 0.000000181. The van der Waals surface area contributed by atoms with Gasteiger partial charge in [-0.25, -0.2) is 0 Å². The molecule has 0 bridgehead atoms. The molecule has 0 fully saturated rings. The third-order valence-corrected chi connectivity index (χ3v) is 12.5. The summed E-state index contributed by atoms with van der Waals surface area (Å²) < 4.78 is 11.7. The van der Waals surface area contributed by atoms with E-state index >= 15 is 0 Å². The summed E-state index contributed by atoms with van der Waals surface area (Å²) in [6.45, 7) is 15.0. The van der Waals surface area contributed by atoms with Crippen LogP contribution in [0.4, 0.5) is 0 Å². The molecular formula is C65H57Ir3N6O-3. The second-order valence-electron chi connectivity index (χ2n) is 18.0. The van der Waals surface area contributed by atoms with Crippen molar-refractivity contribution >= 4 is 0 Å². The van der Waals surface area contributed by atoms with E-state index in [-0.39, 0.29) is 60.3 Å². The number of aromatic nitrogens is 6. The molecule has 0 saturated heterocycles. The molecule has 11 rings (SSSR count). The molecule has 75 heavy (non-hydrogen) atoms. The average Bonchev–Trinajstić information content (AvgIpc) is 4.19. The van der Waals surface area contributed by atoms with E-state index in [1.807, 2.05) is 110 Å². The van der Waals surface area contributed by atoms with Crippen LogP contribution in [0.3, 0.4) is 0 Å². The summed E-state index contributed by atoms with van der Waals surface area (Å²) in [4.78, 5) is 14.0. The molecule has 383 valence electrons. The van der Waals surface area contributed by atoms with Gasteiger partial charge in [0.05, 0.1) is 30.3 Å². The normalized spacial score (nSPS) is 10.3. The standard InChI is InChI=1S/C24H21N2.C23H19N2O.C18H17N2.3Ir/c1-17-14-18(2)23(19(3)15-17)26-16-22(20-10-6-4-7-11-20)25-24(26)21-12-8-5-9-13-21;1-17-7-6-10-21(18-8-4-3-5-9-18)22(17)25-16-15-24-23(25)19-11-13-20(26-2)14-12-19;1-13-11-14(2)17(15(3)12-13)20-10-9-19-18(20)16-7-5-4-6-8-16;;;/h4-12,14-16H,1-3H3;3-11,13-16H,1-2H3;4-7,9-12H,1-3H3;;;/q3*-1;;;. The molecule has 3 heterocycles. The van der Waals surface area contributed by atoms with Gasteiger partial charge >= 0.3 is 0 Å². The van der Waals surface area contributed by atoms with Gasteiger partial charge in [-0.15, -0.1) is 102 Å². The number of hydrogen-bond acceptors (Lipinski definition) is 4. The first-order chi connectivity index (χ1) is 35.1. The monoisotopic (exact) mass is 1520 g/mol. The first-order valence-electron chi connectivity index (χ1n) is 24.1. The maximum Gasteiger partial charge on any atom is 0.0771 e. The topological polar surface area (TPSA) is 62.7 Å². The van der Waals surface area contributed by atoms with Crippen molar-refractivity contribution in [1.82, 2.24) is 28.7 Å². The van der Waals surface area contributed by atoms with Crippen molar-refractivity contribution in [2.45, 2.75) is 48.5 Å². The van der Waals surface area contributed by atoms with Gasteiger partial charge in [-0.3, -0.25) is 15.0 Å². The van der Waals surface area contributed by atoms with Crippen LogP contribution in [0.15, 0.2) is 201 Å². The number of rotatable bonds is 9. The van der Waals surface area contributed by atoms with Crippen molar-refractivity contribution in [3.8, 4) is 79.4 Å². The van der Waals surface area contributed by atoms with Crippen LogP contribution in [-0.2, 0) is 60.3 Å². The van der Waals surface area contributed by atoms with Gasteiger partial charge < -0.3 is 18.4 Å². The number of imidazole rings is 3. The molecule has 7 nitrogen and oxygen atoms in total. The smallest absolute Gasteiger partial charge is 0.0771 e. The van der Waals surface area contributed by atoms with E-state index in [0.29, 0.717) is 0 Å². The minimum absolute atomic E-state index is 0. The molecule has 0 aliphatic rings. The quantitative estimate of drug-likeness (QED) is 0.135. The Bertz CT molecular complexity index is 3530. The van der Waals surface area contributed by atoms with Crippen LogP contribution in [0, 0.1) is 66.7 Å². The first-order valence-corrected chi connectivity index (χ1v) is 24.1. The van der Waals surface area contributed by atoms with Crippen molar-refractivity contribution in [2.24, 2.45) is 0 Å². The summed E-state index contributed by atoms with van der Waals surface area (Å²) in [5, 5.41) is 0. The van der Waals surface area contributed by atoms with E-state index in [2.05, 4.69) is 181 Å². The average molecular weight is 1510 g/mol. The molecule has 3 radical (unpaired) electrons. The van der Waals surface area contributed by atoms with Crippen molar-refractivity contribution in [3.05, 3.63) is 258 Å². The van der Waals surface area contributed by atoms with Crippen molar-refractivity contribution in [2.75, 3.05) is 7.11 Å². The zero-order chi connectivity index (χ0) is 50.1. The van der Waals surface area contributed by atoms with E-state index in [9.17, 15) is 0 Å². The Morgan fingerprint density at radius 1 is 0.427 bits per heavy atom. The molecule has 0 unspecified atom stereocenters. The predicted molar refractivity (Wildman–Crippen MR) is 294 cm³/mol. The van der Waals surface area contributed by atoms with Gasteiger partial charge in [0.2, 0.25) is 0 Å². The van der Waals surface area contributed by atoms with Crippen LogP contribution >= 0.6 is 0 Å². The van der Waals surface area contributed by atoms with Crippen LogP contribution in [0.1, 0.15) is 38.9 Å². The summed E-state index contributed by atoms with van der Waals surface area (Å²) in [6.07, 6.45) is 9.82. The van der Waals surface area contributed by atoms with E-state index in [4.69, 9.17) is 9.72 Å². The maximum atomic E-state index is 5.24. The number of ether oxygens (including phenoxy) is 1. The molecule has 0 aliphatic heterocycles.